The SMILES string of the molecule is COCc1ccnc(CS(=O)(=O)c2nc3ccc(-n4cccc4)cc3[nH]2)c1. The first-order valence-electron chi connectivity index (χ1n) is 8.34. The lowest BCUT2D eigenvalue weighted by molar-refractivity contribution is 0.185. The predicted molar refractivity (Wildman–Crippen MR) is 101 cm³/mol. The van der Waals surface area contributed by atoms with Crippen molar-refractivity contribution in [2.45, 2.75) is 17.5 Å². The smallest absolute Gasteiger partial charge is 0.226 e. The number of fused-ring (bicyclic) bond motifs is 1. The van der Waals surface area contributed by atoms with Crippen LogP contribution in [-0.2, 0) is 26.9 Å². The molecule has 0 saturated heterocycles. The van der Waals surface area contributed by atoms with Gasteiger partial charge in [0.25, 0.3) is 0 Å². The van der Waals surface area contributed by atoms with E-state index in [1.807, 2.05) is 41.2 Å². The topological polar surface area (TPSA) is 89.9 Å². The Hall–Kier alpha value is -2.97. The van der Waals surface area contributed by atoms with Gasteiger partial charge in [-0.2, -0.15) is 0 Å². The summed E-state index contributed by atoms with van der Waals surface area (Å²) in [5, 5.41) is -0.0545. The molecule has 0 aliphatic heterocycles. The van der Waals surface area contributed by atoms with Crippen molar-refractivity contribution >= 4 is 20.9 Å². The van der Waals surface area contributed by atoms with E-state index in [1.54, 1.807) is 31.5 Å². The Bertz CT molecular complexity index is 1180. The Kier molecular flexibility index (Phi) is 4.51. The minimum atomic E-state index is -3.65. The van der Waals surface area contributed by atoms with Crippen LogP contribution >= 0.6 is 0 Å². The van der Waals surface area contributed by atoms with Crippen LogP contribution in [0.3, 0.4) is 0 Å². The lowest BCUT2D eigenvalue weighted by Crippen LogP contribution is -2.08. The molecule has 4 aromatic rings. The van der Waals surface area contributed by atoms with Crippen LogP contribution in [0.2, 0.25) is 0 Å². The number of aromatic nitrogens is 4. The van der Waals surface area contributed by atoms with E-state index < -0.39 is 9.84 Å². The molecule has 0 aliphatic rings. The Labute approximate surface area is 156 Å². The van der Waals surface area contributed by atoms with Crippen molar-refractivity contribution in [2.24, 2.45) is 0 Å². The third-order valence-electron chi connectivity index (χ3n) is 4.17. The summed E-state index contributed by atoms with van der Waals surface area (Å²) < 4.78 is 32.6. The molecule has 0 bridgehead atoms. The molecule has 1 aromatic carbocycles. The number of hydrogen-bond donors (Lipinski definition) is 1. The standard InChI is InChI=1S/C19H18N4O3S/c1-26-12-14-6-7-20-15(10-14)13-27(24,25)19-21-17-5-4-16(11-18(17)22-19)23-8-2-3-9-23/h2-11H,12-13H2,1H3,(H,21,22). The molecule has 0 saturated carbocycles. The van der Waals surface area contributed by atoms with Crippen LogP contribution in [-0.4, -0.2) is 35.0 Å². The monoisotopic (exact) mass is 382 g/mol. The van der Waals surface area contributed by atoms with E-state index >= 15 is 0 Å². The molecule has 0 radical (unpaired) electrons. The highest BCUT2D eigenvalue weighted by Gasteiger charge is 2.21. The minimum Gasteiger partial charge on any atom is -0.380 e. The van der Waals surface area contributed by atoms with Crippen LogP contribution in [0.4, 0.5) is 0 Å². The van der Waals surface area contributed by atoms with Crippen molar-refractivity contribution in [3.05, 3.63) is 72.3 Å². The maximum Gasteiger partial charge on any atom is 0.226 e. The third-order valence-corrected chi connectivity index (χ3v) is 5.63. The molecule has 27 heavy (non-hydrogen) atoms. The number of pyridine rings is 1. The highest BCUT2D eigenvalue weighted by Crippen LogP contribution is 2.21. The second-order valence-electron chi connectivity index (χ2n) is 6.18. The number of aromatic amines is 1. The Morgan fingerprint density at radius 3 is 2.74 bits per heavy atom. The second-order valence-corrected chi connectivity index (χ2v) is 8.09. The van der Waals surface area contributed by atoms with Crippen molar-refractivity contribution < 1.29 is 13.2 Å². The first kappa shape index (κ1) is 17.4. The van der Waals surface area contributed by atoms with E-state index in [4.69, 9.17) is 4.74 Å². The fourth-order valence-electron chi connectivity index (χ4n) is 2.92. The summed E-state index contributed by atoms with van der Waals surface area (Å²) in [5.74, 6) is -0.227. The van der Waals surface area contributed by atoms with Crippen molar-refractivity contribution in [1.29, 1.82) is 0 Å². The molecule has 4 rings (SSSR count). The molecule has 7 nitrogen and oxygen atoms in total. The fraction of sp³-hybridized carbons (Fsp3) is 0.158. The minimum absolute atomic E-state index is 0.0545. The van der Waals surface area contributed by atoms with Gasteiger partial charge in [-0.15, -0.1) is 0 Å². The van der Waals surface area contributed by atoms with E-state index in [2.05, 4.69) is 15.0 Å². The van der Waals surface area contributed by atoms with Crippen LogP contribution in [0.5, 0.6) is 0 Å². The quantitative estimate of drug-likeness (QED) is 0.554. The molecule has 0 unspecified atom stereocenters. The number of nitrogens with zero attached hydrogens (tertiary/aromatic N) is 3. The van der Waals surface area contributed by atoms with Gasteiger partial charge in [-0.3, -0.25) is 4.98 Å². The molecular formula is C19H18N4O3S. The first-order chi connectivity index (χ1) is 13.0. The summed E-state index contributed by atoms with van der Waals surface area (Å²) in [5.41, 5.74) is 3.53. The van der Waals surface area contributed by atoms with E-state index in [-0.39, 0.29) is 10.9 Å². The molecule has 3 heterocycles. The van der Waals surface area contributed by atoms with Gasteiger partial charge in [-0.1, -0.05) is 0 Å². The van der Waals surface area contributed by atoms with Gasteiger partial charge >= 0.3 is 0 Å². The predicted octanol–water partition coefficient (Wildman–Crippen LogP) is 2.87. The number of rotatable bonds is 6. The van der Waals surface area contributed by atoms with Gasteiger partial charge in [0, 0.05) is 31.4 Å². The normalized spacial score (nSPS) is 11.9. The zero-order chi connectivity index (χ0) is 18.9. The van der Waals surface area contributed by atoms with Gasteiger partial charge in [0.2, 0.25) is 15.0 Å². The summed E-state index contributed by atoms with van der Waals surface area (Å²) in [7, 11) is -2.06. The molecule has 3 aromatic heterocycles. The number of H-pyrrole nitrogens is 1. The van der Waals surface area contributed by atoms with E-state index in [1.165, 1.54) is 0 Å². The van der Waals surface area contributed by atoms with Crippen LogP contribution in [0, 0.1) is 0 Å². The molecule has 0 amide bonds. The average molecular weight is 382 g/mol. The first-order valence-corrected chi connectivity index (χ1v) is 9.99. The Balaban J connectivity index is 1.65. The molecule has 1 N–H and O–H groups in total. The number of methoxy groups -OCH3 is 1. The lowest BCUT2D eigenvalue weighted by atomic mass is 10.2. The molecule has 8 heteroatoms. The maximum absolute atomic E-state index is 12.8. The van der Waals surface area contributed by atoms with Crippen molar-refractivity contribution in [2.75, 3.05) is 7.11 Å². The number of benzene rings is 1. The highest BCUT2D eigenvalue weighted by atomic mass is 32.2. The van der Waals surface area contributed by atoms with Gasteiger partial charge in [0.15, 0.2) is 0 Å². The second kappa shape index (κ2) is 6.98. The summed E-state index contributed by atoms with van der Waals surface area (Å²) in [6, 6.07) is 13.0. The van der Waals surface area contributed by atoms with Gasteiger partial charge < -0.3 is 14.3 Å². The number of ether oxygens (including phenoxy) is 1. The summed E-state index contributed by atoms with van der Waals surface area (Å²) in [6.07, 6.45) is 5.43. The van der Waals surface area contributed by atoms with Crippen LogP contribution in [0.15, 0.2) is 66.2 Å². The zero-order valence-corrected chi connectivity index (χ0v) is 15.5. The van der Waals surface area contributed by atoms with E-state index in [9.17, 15) is 8.42 Å². The molecule has 0 aliphatic carbocycles. The van der Waals surface area contributed by atoms with Crippen LogP contribution in [0.25, 0.3) is 16.7 Å². The largest absolute Gasteiger partial charge is 0.380 e. The van der Waals surface area contributed by atoms with Gasteiger partial charge in [-0.25, -0.2) is 13.4 Å². The average Bonchev–Trinajstić information content (AvgIpc) is 3.31. The number of imidazole rings is 1. The van der Waals surface area contributed by atoms with Crippen molar-refractivity contribution in [3.8, 4) is 5.69 Å². The van der Waals surface area contributed by atoms with Crippen molar-refractivity contribution in [3.63, 3.8) is 0 Å². The summed E-state index contributed by atoms with van der Waals surface area (Å²) in [6.45, 7) is 0.405. The van der Waals surface area contributed by atoms with Gasteiger partial charge in [-0.05, 0) is 48.0 Å². The highest BCUT2D eigenvalue weighted by molar-refractivity contribution is 7.90. The van der Waals surface area contributed by atoms with Crippen LogP contribution in [0.1, 0.15) is 11.3 Å². The molecular weight excluding hydrogens is 364 g/mol. The molecule has 0 spiro atoms. The zero-order valence-electron chi connectivity index (χ0n) is 14.7. The third kappa shape index (κ3) is 3.62. The van der Waals surface area contributed by atoms with Crippen LogP contribution < -0.4 is 0 Å². The lowest BCUT2D eigenvalue weighted by Gasteiger charge is -2.04. The summed E-state index contributed by atoms with van der Waals surface area (Å²) in [4.78, 5) is 11.3. The maximum atomic E-state index is 12.8. The van der Waals surface area contributed by atoms with Gasteiger partial charge in [0.05, 0.1) is 23.3 Å². The number of nitrogens with one attached hydrogen (secondary N) is 1. The van der Waals surface area contributed by atoms with Gasteiger partial charge in [0.1, 0.15) is 5.75 Å². The summed E-state index contributed by atoms with van der Waals surface area (Å²) >= 11 is 0. The Morgan fingerprint density at radius 2 is 1.96 bits per heavy atom. The van der Waals surface area contributed by atoms with Crippen molar-refractivity contribution in [1.82, 2.24) is 19.5 Å². The van der Waals surface area contributed by atoms with E-state index in [0.717, 1.165) is 11.3 Å². The molecule has 0 atom stereocenters. The Morgan fingerprint density at radius 1 is 1.15 bits per heavy atom. The fourth-order valence-corrected chi connectivity index (χ4v) is 4.10. The van der Waals surface area contributed by atoms with E-state index in [0.29, 0.717) is 23.3 Å². The number of sulfone groups is 1. The number of hydrogen-bond acceptors (Lipinski definition) is 5. The molecule has 0 fully saturated rings. The molecule has 138 valence electrons.